The second-order valence-corrected chi connectivity index (χ2v) is 4.80. The third kappa shape index (κ3) is 10.2. The van der Waals surface area contributed by atoms with Crippen LogP contribution in [0.15, 0.2) is 0 Å². The van der Waals surface area contributed by atoms with Crippen molar-refractivity contribution in [3.8, 4) is 0 Å². The first-order valence-corrected chi connectivity index (χ1v) is 6.43. The number of nitrogens with zero attached hydrogens (tertiary/aromatic N) is 1. The van der Waals surface area contributed by atoms with Crippen molar-refractivity contribution in [3.63, 3.8) is 0 Å². The molecule has 0 spiro atoms. The van der Waals surface area contributed by atoms with Gasteiger partial charge in [-0.05, 0) is 52.4 Å². The number of nitrogens with one attached hydrogen (secondary N) is 1. The Bertz CT molecular complexity index is 107. The van der Waals surface area contributed by atoms with Crippen molar-refractivity contribution in [2.75, 3.05) is 39.2 Å². The molecule has 1 N–H and O–H groups in total. The van der Waals surface area contributed by atoms with Gasteiger partial charge in [0.05, 0.1) is 0 Å². The number of unbranched alkanes of at least 4 members (excludes halogenated alkanes) is 1. The van der Waals surface area contributed by atoms with E-state index in [2.05, 4.69) is 37.5 Å². The molecule has 0 aliphatic heterocycles. The Balaban J connectivity index is 3.12. The maximum atomic E-state index is 3.52. The topological polar surface area (TPSA) is 15.3 Å². The van der Waals surface area contributed by atoms with Crippen LogP contribution in [-0.4, -0.2) is 50.1 Å². The highest BCUT2D eigenvalue weighted by Gasteiger charge is 2.00. The smallest absolute Gasteiger partial charge is 0.0166 e. The summed E-state index contributed by atoms with van der Waals surface area (Å²) in [6.45, 7) is 4.53. The first kappa shape index (κ1) is 13.3. The highest BCUT2D eigenvalue weighted by molar-refractivity contribution is 7.98. The minimum atomic E-state index is 0.615. The summed E-state index contributed by atoms with van der Waals surface area (Å²) in [7, 11) is 4.23. The Kier molecular flexibility index (Phi) is 9.03. The van der Waals surface area contributed by atoms with E-state index in [-0.39, 0.29) is 0 Å². The van der Waals surface area contributed by atoms with Crippen LogP contribution in [0.4, 0.5) is 0 Å². The summed E-state index contributed by atoms with van der Waals surface area (Å²) in [5.41, 5.74) is 0. The summed E-state index contributed by atoms with van der Waals surface area (Å²) in [5, 5.41) is 3.52. The predicted octanol–water partition coefficient (Wildman–Crippen LogP) is 1.67. The van der Waals surface area contributed by atoms with Crippen molar-refractivity contribution in [2.45, 2.75) is 25.8 Å². The fourth-order valence-electron chi connectivity index (χ4n) is 1.33. The molecule has 1 atom stereocenters. The second-order valence-electron chi connectivity index (χ2n) is 3.82. The molecule has 2 nitrogen and oxygen atoms in total. The standard InChI is InChI=1S/C10H24N2S/c1-10(9-12(2)3)11-7-5-6-8-13-4/h10-11H,5-9H2,1-4H3. The van der Waals surface area contributed by atoms with E-state index in [4.69, 9.17) is 0 Å². The molecule has 0 amide bonds. The van der Waals surface area contributed by atoms with Gasteiger partial charge in [0.1, 0.15) is 0 Å². The van der Waals surface area contributed by atoms with Crippen LogP contribution in [0.2, 0.25) is 0 Å². The third-order valence-corrected chi connectivity index (χ3v) is 2.60. The third-order valence-electron chi connectivity index (χ3n) is 1.91. The monoisotopic (exact) mass is 204 g/mol. The second kappa shape index (κ2) is 8.85. The molecule has 3 heteroatoms. The van der Waals surface area contributed by atoms with Gasteiger partial charge in [0, 0.05) is 12.6 Å². The van der Waals surface area contributed by atoms with Gasteiger partial charge in [0.2, 0.25) is 0 Å². The van der Waals surface area contributed by atoms with E-state index in [1.54, 1.807) is 0 Å². The lowest BCUT2D eigenvalue weighted by Gasteiger charge is -2.18. The molecule has 0 aromatic carbocycles. The Labute approximate surface area is 87.5 Å². The van der Waals surface area contributed by atoms with Gasteiger partial charge < -0.3 is 10.2 Å². The SMILES string of the molecule is CSCCCCNC(C)CN(C)C. The van der Waals surface area contributed by atoms with E-state index in [0.717, 1.165) is 13.1 Å². The molecule has 0 heterocycles. The lowest BCUT2D eigenvalue weighted by Crippen LogP contribution is -2.36. The molecular weight excluding hydrogens is 180 g/mol. The van der Waals surface area contributed by atoms with E-state index in [1.165, 1.54) is 18.6 Å². The van der Waals surface area contributed by atoms with Crippen molar-refractivity contribution < 1.29 is 0 Å². The fraction of sp³-hybridized carbons (Fsp3) is 1.00. The zero-order valence-electron chi connectivity index (χ0n) is 9.47. The average molecular weight is 204 g/mol. The van der Waals surface area contributed by atoms with Crippen LogP contribution in [0.25, 0.3) is 0 Å². The summed E-state index contributed by atoms with van der Waals surface area (Å²) in [5.74, 6) is 1.30. The van der Waals surface area contributed by atoms with Crippen LogP contribution in [0.3, 0.4) is 0 Å². The predicted molar refractivity (Wildman–Crippen MR) is 63.6 cm³/mol. The zero-order chi connectivity index (χ0) is 10.1. The Morgan fingerprint density at radius 3 is 2.54 bits per heavy atom. The maximum Gasteiger partial charge on any atom is 0.0166 e. The van der Waals surface area contributed by atoms with Crippen molar-refractivity contribution in [3.05, 3.63) is 0 Å². The van der Waals surface area contributed by atoms with E-state index in [1.807, 2.05) is 11.8 Å². The van der Waals surface area contributed by atoms with E-state index < -0.39 is 0 Å². The molecule has 0 aromatic heterocycles. The Morgan fingerprint density at radius 1 is 1.31 bits per heavy atom. The minimum Gasteiger partial charge on any atom is -0.313 e. The summed E-state index contributed by atoms with van der Waals surface area (Å²) in [6.07, 6.45) is 4.81. The minimum absolute atomic E-state index is 0.615. The molecule has 0 radical (unpaired) electrons. The highest BCUT2D eigenvalue weighted by atomic mass is 32.2. The number of thioether (sulfide) groups is 1. The lowest BCUT2D eigenvalue weighted by atomic mass is 10.3. The molecular formula is C10H24N2S. The highest BCUT2D eigenvalue weighted by Crippen LogP contribution is 1.98. The van der Waals surface area contributed by atoms with Crippen molar-refractivity contribution in [1.82, 2.24) is 10.2 Å². The summed E-state index contributed by atoms with van der Waals surface area (Å²) >= 11 is 1.94. The molecule has 0 fully saturated rings. The molecule has 80 valence electrons. The van der Waals surface area contributed by atoms with Crippen LogP contribution in [-0.2, 0) is 0 Å². The van der Waals surface area contributed by atoms with E-state index in [9.17, 15) is 0 Å². The molecule has 1 unspecified atom stereocenters. The van der Waals surface area contributed by atoms with Gasteiger partial charge in [0.15, 0.2) is 0 Å². The Morgan fingerprint density at radius 2 is 2.00 bits per heavy atom. The summed E-state index contributed by atoms with van der Waals surface area (Å²) < 4.78 is 0. The number of likely N-dealkylation sites (N-methyl/N-ethyl adjacent to an activating group) is 1. The lowest BCUT2D eigenvalue weighted by molar-refractivity contribution is 0.349. The zero-order valence-corrected chi connectivity index (χ0v) is 10.3. The van der Waals surface area contributed by atoms with Gasteiger partial charge in [-0.3, -0.25) is 0 Å². The molecule has 0 saturated heterocycles. The van der Waals surface area contributed by atoms with Gasteiger partial charge in [-0.2, -0.15) is 11.8 Å². The summed E-state index contributed by atoms with van der Waals surface area (Å²) in [6, 6.07) is 0.615. The molecule has 0 rings (SSSR count). The van der Waals surface area contributed by atoms with Crippen molar-refractivity contribution in [1.29, 1.82) is 0 Å². The summed E-state index contributed by atoms with van der Waals surface area (Å²) in [4.78, 5) is 2.22. The van der Waals surface area contributed by atoms with E-state index >= 15 is 0 Å². The molecule has 0 aromatic rings. The van der Waals surface area contributed by atoms with Gasteiger partial charge in [-0.25, -0.2) is 0 Å². The maximum absolute atomic E-state index is 3.52. The van der Waals surface area contributed by atoms with Crippen molar-refractivity contribution >= 4 is 11.8 Å². The van der Waals surface area contributed by atoms with Crippen LogP contribution >= 0.6 is 11.8 Å². The van der Waals surface area contributed by atoms with Crippen LogP contribution in [0, 0.1) is 0 Å². The average Bonchev–Trinajstić information content (AvgIpc) is 2.02. The van der Waals surface area contributed by atoms with Crippen LogP contribution < -0.4 is 5.32 Å². The van der Waals surface area contributed by atoms with Gasteiger partial charge in [-0.15, -0.1) is 0 Å². The molecule has 0 saturated carbocycles. The number of rotatable bonds is 8. The molecule has 13 heavy (non-hydrogen) atoms. The first-order chi connectivity index (χ1) is 6.16. The van der Waals surface area contributed by atoms with Crippen molar-refractivity contribution in [2.24, 2.45) is 0 Å². The van der Waals surface area contributed by atoms with Gasteiger partial charge >= 0.3 is 0 Å². The largest absolute Gasteiger partial charge is 0.313 e. The molecule has 0 aliphatic carbocycles. The van der Waals surface area contributed by atoms with Crippen LogP contribution in [0.5, 0.6) is 0 Å². The normalized spacial score (nSPS) is 13.6. The van der Waals surface area contributed by atoms with Gasteiger partial charge in [-0.1, -0.05) is 0 Å². The first-order valence-electron chi connectivity index (χ1n) is 5.04. The number of hydrogen-bond donors (Lipinski definition) is 1. The fourth-order valence-corrected chi connectivity index (χ4v) is 1.82. The molecule has 0 bridgehead atoms. The quantitative estimate of drug-likeness (QED) is 0.606. The van der Waals surface area contributed by atoms with Gasteiger partial charge in [0.25, 0.3) is 0 Å². The Hall–Kier alpha value is 0.270. The molecule has 0 aliphatic rings. The van der Waals surface area contributed by atoms with Crippen LogP contribution in [0.1, 0.15) is 19.8 Å². The number of hydrogen-bond acceptors (Lipinski definition) is 3. The van der Waals surface area contributed by atoms with E-state index in [0.29, 0.717) is 6.04 Å².